The Hall–Kier alpha value is -0.690. The number of rotatable bonds is 4. The first kappa shape index (κ1) is 13.4. The Balaban J connectivity index is 2.84. The van der Waals surface area contributed by atoms with Gasteiger partial charge >= 0.3 is 0 Å². The highest BCUT2D eigenvalue weighted by atomic mass is 127. The largest absolute Gasteiger partial charge is 0.395 e. The summed E-state index contributed by atoms with van der Waals surface area (Å²) in [5.41, 5.74) is 5.91. The summed E-state index contributed by atoms with van der Waals surface area (Å²) < 4.78 is 13.9. The predicted molar refractivity (Wildman–Crippen MR) is 71.0 cm³/mol. The van der Waals surface area contributed by atoms with E-state index in [0.29, 0.717) is 9.13 Å². The number of nitrogens with two attached hydrogens (primary N) is 1. The summed E-state index contributed by atoms with van der Waals surface area (Å²) in [5.74, 6) is -0.676. The second kappa shape index (κ2) is 5.58. The number of hydrogen-bond donors (Lipinski definition) is 2. The SMILES string of the molecule is CC(C)NCC(=O)c1cc(F)c(N)c(I)c1. The van der Waals surface area contributed by atoms with Crippen LogP contribution in [0.1, 0.15) is 24.2 Å². The van der Waals surface area contributed by atoms with Crippen molar-refractivity contribution in [1.29, 1.82) is 0 Å². The highest BCUT2D eigenvalue weighted by Crippen LogP contribution is 2.20. The first-order valence-corrected chi connectivity index (χ1v) is 6.00. The molecule has 0 bridgehead atoms. The molecule has 1 aromatic rings. The van der Waals surface area contributed by atoms with E-state index in [1.54, 1.807) is 6.07 Å². The maximum atomic E-state index is 13.3. The Morgan fingerprint density at radius 2 is 2.19 bits per heavy atom. The van der Waals surface area contributed by atoms with Crippen LogP contribution in [0.2, 0.25) is 0 Å². The molecule has 0 aliphatic heterocycles. The topological polar surface area (TPSA) is 55.1 Å². The molecule has 3 N–H and O–H groups in total. The van der Waals surface area contributed by atoms with Crippen molar-refractivity contribution in [3.63, 3.8) is 0 Å². The van der Waals surface area contributed by atoms with Crippen LogP contribution in [0.5, 0.6) is 0 Å². The van der Waals surface area contributed by atoms with Crippen LogP contribution >= 0.6 is 22.6 Å². The molecule has 0 aliphatic carbocycles. The third kappa shape index (κ3) is 3.41. The van der Waals surface area contributed by atoms with Crippen LogP contribution in [0.25, 0.3) is 0 Å². The van der Waals surface area contributed by atoms with Gasteiger partial charge in [0, 0.05) is 15.2 Å². The van der Waals surface area contributed by atoms with Gasteiger partial charge in [-0.3, -0.25) is 4.79 Å². The lowest BCUT2D eigenvalue weighted by atomic mass is 10.1. The van der Waals surface area contributed by atoms with Gasteiger partial charge in [0.25, 0.3) is 0 Å². The minimum absolute atomic E-state index is 0.0916. The van der Waals surface area contributed by atoms with Crippen LogP contribution in [0.4, 0.5) is 10.1 Å². The van der Waals surface area contributed by atoms with Crippen molar-refractivity contribution in [1.82, 2.24) is 5.32 Å². The summed E-state index contributed by atoms with van der Waals surface area (Å²) in [6.45, 7) is 4.10. The number of nitrogens with one attached hydrogen (secondary N) is 1. The van der Waals surface area contributed by atoms with Crippen molar-refractivity contribution in [2.45, 2.75) is 19.9 Å². The van der Waals surface area contributed by atoms with Gasteiger partial charge in [0.1, 0.15) is 5.82 Å². The van der Waals surface area contributed by atoms with E-state index in [4.69, 9.17) is 5.73 Å². The molecule has 88 valence electrons. The molecular weight excluding hydrogens is 322 g/mol. The van der Waals surface area contributed by atoms with Crippen molar-refractivity contribution in [3.8, 4) is 0 Å². The van der Waals surface area contributed by atoms with Crippen molar-refractivity contribution in [2.24, 2.45) is 0 Å². The lowest BCUT2D eigenvalue weighted by Crippen LogP contribution is -2.29. The van der Waals surface area contributed by atoms with E-state index in [1.807, 2.05) is 36.4 Å². The monoisotopic (exact) mass is 336 g/mol. The molecule has 0 aliphatic rings. The van der Waals surface area contributed by atoms with Gasteiger partial charge in [0.05, 0.1) is 12.2 Å². The Kier molecular flexibility index (Phi) is 4.67. The van der Waals surface area contributed by atoms with Crippen LogP contribution in [-0.2, 0) is 0 Å². The molecule has 0 saturated heterocycles. The summed E-state index contributed by atoms with van der Waals surface area (Å²) in [7, 11) is 0. The van der Waals surface area contributed by atoms with Crippen LogP contribution in [0.15, 0.2) is 12.1 Å². The van der Waals surface area contributed by atoms with Gasteiger partial charge in [-0.1, -0.05) is 13.8 Å². The molecule has 0 heterocycles. The maximum Gasteiger partial charge on any atom is 0.176 e. The molecule has 0 spiro atoms. The van der Waals surface area contributed by atoms with Gasteiger partial charge in [-0.15, -0.1) is 0 Å². The molecule has 0 fully saturated rings. The van der Waals surface area contributed by atoms with E-state index in [1.165, 1.54) is 6.07 Å². The Morgan fingerprint density at radius 3 is 2.69 bits per heavy atom. The first-order valence-electron chi connectivity index (χ1n) is 4.93. The zero-order valence-electron chi connectivity index (χ0n) is 9.18. The lowest BCUT2D eigenvalue weighted by molar-refractivity contribution is 0.0988. The second-order valence-electron chi connectivity index (χ2n) is 3.81. The van der Waals surface area contributed by atoms with Gasteiger partial charge in [0.15, 0.2) is 5.78 Å². The summed E-state index contributed by atoms with van der Waals surface area (Å²) >= 11 is 1.91. The van der Waals surface area contributed by atoms with Crippen LogP contribution in [0.3, 0.4) is 0 Å². The number of carbonyl (C=O) groups excluding carboxylic acids is 1. The fourth-order valence-corrected chi connectivity index (χ4v) is 1.74. The summed E-state index contributed by atoms with van der Waals surface area (Å²) in [4.78, 5) is 11.7. The molecule has 0 saturated carbocycles. The molecule has 16 heavy (non-hydrogen) atoms. The van der Waals surface area contributed by atoms with E-state index >= 15 is 0 Å². The van der Waals surface area contributed by atoms with Gasteiger partial charge < -0.3 is 11.1 Å². The van der Waals surface area contributed by atoms with Crippen molar-refractivity contribution < 1.29 is 9.18 Å². The fourth-order valence-electron chi connectivity index (χ4n) is 1.14. The average Bonchev–Trinajstić information content (AvgIpc) is 2.21. The number of hydrogen-bond acceptors (Lipinski definition) is 3. The van der Waals surface area contributed by atoms with Crippen LogP contribution < -0.4 is 11.1 Å². The zero-order chi connectivity index (χ0) is 12.3. The van der Waals surface area contributed by atoms with E-state index in [9.17, 15) is 9.18 Å². The van der Waals surface area contributed by atoms with E-state index in [2.05, 4.69) is 5.32 Å². The van der Waals surface area contributed by atoms with Gasteiger partial charge in [-0.05, 0) is 34.7 Å². The third-order valence-electron chi connectivity index (χ3n) is 2.07. The van der Waals surface area contributed by atoms with Gasteiger partial charge in [0.2, 0.25) is 0 Å². The third-order valence-corrected chi connectivity index (χ3v) is 2.96. The van der Waals surface area contributed by atoms with Gasteiger partial charge in [-0.2, -0.15) is 0 Å². The normalized spacial score (nSPS) is 10.8. The first-order chi connectivity index (χ1) is 7.41. The van der Waals surface area contributed by atoms with E-state index < -0.39 is 5.82 Å². The van der Waals surface area contributed by atoms with Gasteiger partial charge in [-0.25, -0.2) is 4.39 Å². The van der Waals surface area contributed by atoms with Crippen molar-refractivity contribution in [3.05, 3.63) is 27.1 Å². The van der Waals surface area contributed by atoms with Crippen molar-refractivity contribution >= 4 is 34.1 Å². The van der Waals surface area contributed by atoms with Crippen molar-refractivity contribution in [2.75, 3.05) is 12.3 Å². The molecule has 0 radical (unpaired) electrons. The molecular formula is C11H14FIN2O. The molecule has 0 atom stereocenters. The van der Waals surface area contributed by atoms with E-state index in [-0.39, 0.29) is 24.1 Å². The quantitative estimate of drug-likeness (QED) is 0.504. The molecule has 3 nitrogen and oxygen atoms in total. The Morgan fingerprint density at radius 1 is 1.56 bits per heavy atom. The minimum Gasteiger partial charge on any atom is -0.395 e. The minimum atomic E-state index is -0.542. The molecule has 0 unspecified atom stereocenters. The number of Topliss-reactive ketones (excluding diaryl/α,β-unsaturated/α-hetero) is 1. The molecule has 1 aromatic carbocycles. The Labute approximate surface area is 108 Å². The highest BCUT2D eigenvalue weighted by Gasteiger charge is 2.11. The number of carbonyl (C=O) groups is 1. The molecule has 0 amide bonds. The fraction of sp³-hybridized carbons (Fsp3) is 0.364. The number of nitrogen functional groups attached to an aromatic ring is 1. The second-order valence-corrected chi connectivity index (χ2v) is 4.97. The molecule has 5 heteroatoms. The number of halogens is 2. The molecule has 0 aromatic heterocycles. The smallest absolute Gasteiger partial charge is 0.176 e. The van der Waals surface area contributed by atoms with E-state index in [0.717, 1.165) is 0 Å². The Bertz CT molecular complexity index is 384. The summed E-state index contributed by atoms with van der Waals surface area (Å²) in [6, 6.07) is 3.01. The standard InChI is InChI=1S/C11H14FIN2O/c1-6(2)15-5-10(16)7-3-8(12)11(14)9(13)4-7/h3-4,6,15H,5,14H2,1-2H3. The van der Waals surface area contributed by atoms with Crippen LogP contribution in [0, 0.1) is 9.39 Å². The van der Waals surface area contributed by atoms with Crippen LogP contribution in [-0.4, -0.2) is 18.4 Å². The average molecular weight is 336 g/mol. The lowest BCUT2D eigenvalue weighted by Gasteiger charge is -2.08. The number of ketones is 1. The molecule has 1 rings (SSSR count). The maximum absolute atomic E-state index is 13.3. The summed E-state index contributed by atoms with van der Waals surface area (Å²) in [6.07, 6.45) is 0. The predicted octanol–water partition coefficient (Wildman–Crippen LogP) is 2.19. The number of benzene rings is 1. The summed E-state index contributed by atoms with van der Waals surface area (Å²) in [5, 5.41) is 2.99. The number of anilines is 1. The zero-order valence-corrected chi connectivity index (χ0v) is 11.3. The highest BCUT2D eigenvalue weighted by molar-refractivity contribution is 14.1.